The Bertz CT molecular complexity index is 100. The quantitative estimate of drug-likeness (QED) is 0.637. The van der Waals surface area contributed by atoms with Gasteiger partial charge in [0.15, 0.2) is 0 Å². The summed E-state index contributed by atoms with van der Waals surface area (Å²) >= 11 is 0. The van der Waals surface area contributed by atoms with E-state index in [1.54, 1.807) is 0 Å². The summed E-state index contributed by atoms with van der Waals surface area (Å²) < 4.78 is 0. The Hall–Kier alpha value is -0.0800. The summed E-state index contributed by atoms with van der Waals surface area (Å²) in [6.45, 7) is 7.96. The minimum Gasteiger partial charge on any atom is -0.389 e. The molecule has 2 nitrogen and oxygen atoms in total. The molecular weight excluding hydrogens is 150 g/mol. The van der Waals surface area contributed by atoms with Gasteiger partial charge in [0.25, 0.3) is 0 Å². The van der Waals surface area contributed by atoms with Crippen molar-refractivity contribution >= 4 is 0 Å². The van der Waals surface area contributed by atoms with Crippen molar-refractivity contribution in [1.82, 2.24) is 5.32 Å². The highest BCUT2D eigenvalue weighted by Crippen LogP contribution is 2.30. The lowest BCUT2D eigenvalue weighted by atomic mass is 9.80. The first kappa shape index (κ1) is 11.9. The normalized spacial score (nSPS) is 19.0. The molecule has 0 bridgehead atoms. The standard InChI is InChI=1S/C8H17NO.C2H6/c1-2-6-9-7-8(10)4-3-5-8;1-2/h9-10H,2-7H2,1H3;1-2H3. The predicted molar refractivity (Wildman–Crippen MR) is 53.3 cm³/mol. The van der Waals surface area contributed by atoms with Crippen molar-refractivity contribution in [3.8, 4) is 0 Å². The Morgan fingerprint density at radius 2 is 1.92 bits per heavy atom. The van der Waals surface area contributed by atoms with E-state index < -0.39 is 0 Å². The Labute approximate surface area is 76.4 Å². The molecule has 2 heteroatoms. The molecule has 0 radical (unpaired) electrons. The van der Waals surface area contributed by atoms with E-state index in [2.05, 4.69) is 12.2 Å². The van der Waals surface area contributed by atoms with Crippen molar-refractivity contribution in [1.29, 1.82) is 0 Å². The molecule has 0 unspecified atom stereocenters. The first-order valence-electron chi connectivity index (χ1n) is 5.20. The van der Waals surface area contributed by atoms with Crippen LogP contribution in [0.4, 0.5) is 0 Å². The van der Waals surface area contributed by atoms with Gasteiger partial charge in [-0.15, -0.1) is 0 Å². The zero-order valence-electron chi connectivity index (χ0n) is 8.69. The van der Waals surface area contributed by atoms with Gasteiger partial charge in [-0.05, 0) is 32.2 Å². The zero-order chi connectivity index (χ0) is 9.45. The van der Waals surface area contributed by atoms with Gasteiger partial charge in [0.05, 0.1) is 5.60 Å². The van der Waals surface area contributed by atoms with Crippen LogP contribution in [0.1, 0.15) is 46.5 Å². The average molecular weight is 173 g/mol. The van der Waals surface area contributed by atoms with E-state index in [-0.39, 0.29) is 5.60 Å². The molecule has 1 saturated carbocycles. The van der Waals surface area contributed by atoms with E-state index in [4.69, 9.17) is 0 Å². The zero-order valence-corrected chi connectivity index (χ0v) is 8.69. The number of hydrogen-bond acceptors (Lipinski definition) is 2. The Morgan fingerprint density at radius 1 is 1.33 bits per heavy atom. The minimum atomic E-state index is -0.338. The highest BCUT2D eigenvalue weighted by molar-refractivity contribution is 4.89. The molecule has 0 aromatic heterocycles. The Morgan fingerprint density at radius 3 is 2.25 bits per heavy atom. The van der Waals surface area contributed by atoms with E-state index in [0.29, 0.717) is 0 Å². The summed E-state index contributed by atoms with van der Waals surface area (Å²) in [5.74, 6) is 0. The molecular formula is C10H23NO. The fourth-order valence-corrected chi connectivity index (χ4v) is 1.26. The van der Waals surface area contributed by atoms with Crippen LogP contribution in [-0.4, -0.2) is 23.8 Å². The van der Waals surface area contributed by atoms with Gasteiger partial charge in [-0.1, -0.05) is 20.8 Å². The molecule has 0 atom stereocenters. The number of hydrogen-bond donors (Lipinski definition) is 2. The molecule has 74 valence electrons. The molecule has 1 rings (SSSR count). The molecule has 1 aliphatic carbocycles. The second-order valence-corrected chi connectivity index (χ2v) is 3.25. The predicted octanol–water partition coefficient (Wildman–Crippen LogP) is 1.93. The number of aliphatic hydroxyl groups is 1. The third kappa shape index (κ3) is 4.07. The Balaban J connectivity index is 0.000000561. The first-order valence-corrected chi connectivity index (χ1v) is 5.20. The molecule has 0 saturated heterocycles. The van der Waals surface area contributed by atoms with E-state index in [1.165, 1.54) is 6.42 Å². The SMILES string of the molecule is CC.CCCNCC1(O)CCC1. The van der Waals surface area contributed by atoms with Gasteiger partial charge < -0.3 is 10.4 Å². The van der Waals surface area contributed by atoms with Crippen LogP contribution in [0, 0.1) is 0 Å². The molecule has 0 spiro atoms. The maximum absolute atomic E-state index is 9.57. The summed E-state index contributed by atoms with van der Waals surface area (Å²) in [6, 6.07) is 0. The van der Waals surface area contributed by atoms with Crippen molar-refractivity contribution < 1.29 is 5.11 Å². The molecule has 1 aliphatic rings. The fourth-order valence-electron chi connectivity index (χ4n) is 1.26. The van der Waals surface area contributed by atoms with Crippen LogP contribution in [0.2, 0.25) is 0 Å². The van der Waals surface area contributed by atoms with Gasteiger partial charge in [-0.25, -0.2) is 0 Å². The molecule has 0 aliphatic heterocycles. The van der Waals surface area contributed by atoms with Crippen molar-refractivity contribution in [3.63, 3.8) is 0 Å². The van der Waals surface area contributed by atoms with Gasteiger partial charge in [0, 0.05) is 6.54 Å². The van der Waals surface area contributed by atoms with Crippen molar-refractivity contribution in [2.45, 2.75) is 52.1 Å². The molecule has 0 aromatic rings. The van der Waals surface area contributed by atoms with E-state index in [9.17, 15) is 5.11 Å². The lowest BCUT2D eigenvalue weighted by Gasteiger charge is -2.36. The van der Waals surface area contributed by atoms with Gasteiger partial charge in [-0.3, -0.25) is 0 Å². The van der Waals surface area contributed by atoms with Crippen LogP contribution in [-0.2, 0) is 0 Å². The van der Waals surface area contributed by atoms with E-state index >= 15 is 0 Å². The topological polar surface area (TPSA) is 32.3 Å². The molecule has 12 heavy (non-hydrogen) atoms. The second kappa shape index (κ2) is 6.44. The van der Waals surface area contributed by atoms with Gasteiger partial charge in [0.1, 0.15) is 0 Å². The van der Waals surface area contributed by atoms with Crippen LogP contribution in [0.15, 0.2) is 0 Å². The fraction of sp³-hybridized carbons (Fsp3) is 1.00. The van der Waals surface area contributed by atoms with Crippen LogP contribution >= 0.6 is 0 Å². The average Bonchev–Trinajstić information content (AvgIpc) is 2.06. The number of nitrogens with one attached hydrogen (secondary N) is 1. The van der Waals surface area contributed by atoms with E-state index in [0.717, 1.165) is 32.4 Å². The maximum atomic E-state index is 9.57. The summed E-state index contributed by atoms with van der Waals surface area (Å²) in [5, 5.41) is 12.8. The largest absolute Gasteiger partial charge is 0.389 e. The Kier molecular flexibility index (Phi) is 6.39. The minimum absolute atomic E-state index is 0.338. The lowest BCUT2D eigenvalue weighted by molar-refractivity contribution is -0.0310. The summed E-state index contributed by atoms with van der Waals surface area (Å²) in [7, 11) is 0. The van der Waals surface area contributed by atoms with Crippen LogP contribution in [0.3, 0.4) is 0 Å². The van der Waals surface area contributed by atoms with Crippen molar-refractivity contribution in [2.24, 2.45) is 0 Å². The third-order valence-corrected chi connectivity index (χ3v) is 2.17. The lowest BCUT2D eigenvalue weighted by Crippen LogP contribution is -2.46. The van der Waals surface area contributed by atoms with Crippen molar-refractivity contribution in [3.05, 3.63) is 0 Å². The van der Waals surface area contributed by atoms with Gasteiger partial charge in [0.2, 0.25) is 0 Å². The summed E-state index contributed by atoms with van der Waals surface area (Å²) in [6.07, 6.45) is 4.33. The molecule has 0 aromatic carbocycles. The van der Waals surface area contributed by atoms with Crippen LogP contribution < -0.4 is 5.32 Å². The smallest absolute Gasteiger partial charge is 0.0771 e. The highest BCUT2D eigenvalue weighted by atomic mass is 16.3. The van der Waals surface area contributed by atoms with Crippen molar-refractivity contribution in [2.75, 3.05) is 13.1 Å². The monoisotopic (exact) mass is 173 g/mol. The summed E-state index contributed by atoms with van der Waals surface area (Å²) in [4.78, 5) is 0. The maximum Gasteiger partial charge on any atom is 0.0771 e. The number of rotatable bonds is 4. The first-order chi connectivity index (χ1) is 5.77. The summed E-state index contributed by atoms with van der Waals surface area (Å²) in [5.41, 5.74) is -0.338. The van der Waals surface area contributed by atoms with Crippen LogP contribution in [0.5, 0.6) is 0 Å². The third-order valence-electron chi connectivity index (χ3n) is 2.17. The second-order valence-electron chi connectivity index (χ2n) is 3.25. The molecule has 0 amide bonds. The molecule has 1 fully saturated rings. The van der Waals surface area contributed by atoms with Crippen LogP contribution in [0.25, 0.3) is 0 Å². The molecule has 0 heterocycles. The van der Waals surface area contributed by atoms with Gasteiger partial charge >= 0.3 is 0 Å². The van der Waals surface area contributed by atoms with Gasteiger partial charge in [-0.2, -0.15) is 0 Å². The van der Waals surface area contributed by atoms with E-state index in [1.807, 2.05) is 13.8 Å². The highest BCUT2D eigenvalue weighted by Gasteiger charge is 2.33. The molecule has 2 N–H and O–H groups in total.